The summed E-state index contributed by atoms with van der Waals surface area (Å²) in [6, 6.07) is 0.805. The number of carbonyl (C=O) groups excluding carboxylic acids is 2. The fourth-order valence-electron chi connectivity index (χ4n) is 4.13. The summed E-state index contributed by atoms with van der Waals surface area (Å²) in [4.78, 5) is 26.3. The third-order valence-corrected chi connectivity index (χ3v) is 5.08. The van der Waals surface area contributed by atoms with Crippen LogP contribution in [0.4, 0.5) is 0 Å². The standard InChI is InChI=1S/C15H24N2O2/c1-9-6-12-13(7-9)15(19)17(14(12)18)8-11-5-3-4-10(2)16-11/h9-13,16H,3-8H2,1-2H3. The number of carbonyl (C=O) groups is 2. The van der Waals surface area contributed by atoms with Crippen LogP contribution in [0.15, 0.2) is 0 Å². The molecule has 19 heavy (non-hydrogen) atoms. The minimum atomic E-state index is -0.0106. The zero-order valence-corrected chi connectivity index (χ0v) is 11.9. The van der Waals surface area contributed by atoms with Gasteiger partial charge in [-0.15, -0.1) is 0 Å². The van der Waals surface area contributed by atoms with Crippen molar-refractivity contribution in [3.63, 3.8) is 0 Å². The van der Waals surface area contributed by atoms with Crippen LogP contribution >= 0.6 is 0 Å². The molecule has 1 N–H and O–H groups in total. The van der Waals surface area contributed by atoms with Gasteiger partial charge >= 0.3 is 0 Å². The van der Waals surface area contributed by atoms with E-state index in [4.69, 9.17) is 0 Å². The zero-order valence-electron chi connectivity index (χ0n) is 11.9. The first kappa shape index (κ1) is 13.1. The molecule has 0 aromatic carbocycles. The highest BCUT2D eigenvalue weighted by atomic mass is 16.2. The Morgan fingerprint density at radius 1 is 1.11 bits per heavy atom. The number of amides is 2. The fraction of sp³-hybridized carbons (Fsp3) is 0.867. The van der Waals surface area contributed by atoms with Crippen molar-refractivity contribution in [2.75, 3.05) is 6.54 Å². The number of hydrogen-bond donors (Lipinski definition) is 1. The minimum absolute atomic E-state index is 0.0106. The van der Waals surface area contributed by atoms with Crippen LogP contribution in [0.5, 0.6) is 0 Å². The molecule has 4 nitrogen and oxygen atoms in total. The van der Waals surface area contributed by atoms with Gasteiger partial charge in [0, 0.05) is 18.6 Å². The van der Waals surface area contributed by atoms with Gasteiger partial charge in [-0.05, 0) is 38.5 Å². The maximum atomic E-state index is 12.4. The van der Waals surface area contributed by atoms with Crippen molar-refractivity contribution in [3.05, 3.63) is 0 Å². The van der Waals surface area contributed by atoms with Crippen LogP contribution in [0.25, 0.3) is 0 Å². The zero-order chi connectivity index (χ0) is 13.6. The molecule has 1 aliphatic carbocycles. The molecule has 0 aromatic rings. The molecule has 2 aliphatic heterocycles. The molecule has 2 saturated heterocycles. The summed E-state index contributed by atoms with van der Waals surface area (Å²) in [7, 11) is 0. The summed E-state index contributed by atoms with van der Waals surface area (Å²) >= 11 is 0. The molecular weight excluding hydrogens is 240 g/mol. The van der Waals surface area contributed by atoms with E-state index in [2.05, 4.69) is 19.2 Å². The molecule has 2 amide bonds. The quantitative estimate of drug-likeness (QED) is 0.770. The second kappa shape index (κ2) is 4.89. The van der Waals surface area contributed by atoms with Crippen LogP contribution < -0.4 is 5.32 Å². The Bertz CT molecular complexity index is 372. The van der Waals surface area contributed by atoms with Crippen LogP contribution in [0.3, 0.4) is 0 Å². The molecule has 1 saturated carbocycles. The predicted octanol–water partition coefficient (Wildman–Crippen LogP) is 1.55. The van der Waals surface area contributed by atoms with Gasteiger partial charge in [0.2, 0.25) is 11.8 Å². The molecule has 4 heteroatoms. The summed E-state index contributed by atoms with van der Waals surface area (Å²) in [5.74, 6) is 0.698. The second-order valence-corrected chi connectivity index (χ2v) is 6.77. The van der Waals surface area contributed by atoms with Crippen molar-refractivity contribution in [1.29, 1.82) is 0 Å². The van der Waals surface area contributed by atoms with E-state index in [0.717, 1.165) is 19.3 Å². The number of imide groups is 1. The van der Waals surface area contributed by atoms with Gasteiger partial charge in [0.1, 0.15) is 0 Å². The van der Waals surface area contributed by atoms with Crippen molar-refractivity contribution in [1.82, 2.24) is 10.2 Å². The molecule has 106 valence electrons. The summed E-state index contributed by atoms with van der Waals surface area (Å²) in [6.07, 6.45) is 5.27. The lowest BCUT2D eigenvalue weighted by molar-refractivity contribution is -0.141. The number of nitrogens with one attached hydrogen (secondary N) is 1. The largest absolute Gasteiger partial charge is 0.310 e. The Kier molecular flexibility index (Phi) is 3.37. The van der Waals surface area contributed by atoms with Crippen LogP contribution in [-0.4, -0.2) is 35.3 Å². The summed E-state index contributed by atoms with van der Waals surface area (Å²) in [6.45, 7) is 4.91. The fourth-order valence-corrected chi connectivity index (χ4v) is 4.13. The lowest BCUT2D eigenvalue weighted by Crippen LogP contribution is -2.49. The third-order valence-electron chi connectivity index (χ3n) is 5.08. The average Bonchev–Trinajstić information content (AvgIpc) is 2.84. The van der Waals surface area contributed by atoms with Crippen LogP contribution in [-0.2, 0) is 9.59 Å². The SMILES string of the molecule is CC1CC2C(=O)N(CC3CCCC(C)N3)C(=O)C2C1. The molecule has 4 atom stereocenters. The average molecular weight is 264 g/mol. The summed E-state index contributed by atoms with van der Waals surface area (Å²) in [5.41, 5.74) is 0. The van der Waals surface area contributed by atoms with E-state index in [1.54, 1.807) is 4.90 Å². The summed E-state index contributed by atoms with van der Waals surface area (Å²) in [5, 5.41) is 3.51. The van der Waals surface area contributed by atoms with Gasteiger partial charge in [0.25, 0.3) is 0 Å². The van der Waals surface area contributed by atoms with Gasteiger partial charge in [-0.1, -0.05) is 13.3 Å². The Morgan fingerprint density at radius 2 is 1.74 bits per heavy atom. The first-order valence-corrected chi connectivity index (χ1v) is 7.67. The van der Waals surface area contributed by atoms with Crippen molar-refractivity contribution in [2.24, 2.45) is 17.8 Å². The molecule has 3 fully saturated rings. The Balaban J connectivity index is 1.66. The molecule has 0 bridgehead atoms. The van der Waals surface area contributed by atoms with E-state index >= 15 is 0 Å². The minimum Gasteiger partial charge on any atom is -0.310 e. The highest BCUT2D eigenvalue weighted by Crippen LogP contribution is 2.42. The van der Waals surface area contributed by atoms with E-state index in [1.165, 1.54) is 12.8 Å². The van der Waals surface area contributed by atoms with Crippen LogP contribution in [0, 0.1) is 17.8 Å². The molecule has 0 radical (unpaired) electrons. The Hall–Kier alpha value is -0.900. The van der Waals surface area contributed by atoms with E-state index in [-0.39, 0.29) is 23.7 Å². The normalized spacial score (nSPS) is 42.8. The molecule has 4 unspecified atom stereocenters. The van der Waals surface area contributed by atoms with Gasteiger partial charge in [0.05, 0.1) is 11.8 Å². The Labute approximate surface area is 114 Å². The van der Waals surface area contributed by atoms with Gasteiger partial charge in [-0.3, -0.25) is 14.5 Å². The van der Waals surface area contributed by atoms with E-state index in [9.17, 15) is 9.59 Å². The maximum absolute atomic E-state index is 12.4. The van der Waals surface area contributed by atoms with Crippen LogP contribution in [0.2, 0.25) is 0 Å². The number of likely N-dealkylation sites (tertiary alicyclic amines) is 1. The first-order chi connectivity index (χ1) is 9.06. The molecule has 3 aliphatic rings. The topological polar surface area (TPSA) is 49.4 Å². The van der Waals surface area contributed by atoms with Gasteiger partial charge in [-0.25, -0.2) is 0 Å². The molecule has 0 aromatic heterocycles. The smallest absolute Gasteiger partial charge is 0.233 e. The van der Waals surface area contributed by atoms with E-state index < -0.39 is 0 Å². The van der Waals surface area contributed by atoms with Crippen molar-refractivity contribution >= 4 is 11.8 Å². The predicted molar refractivity (Wildman–Crippen MR) is 72.3 cm³/mol. The lowest BCUT2D eigenvalue weighted by atomic mass is 9.99. The highest BCUT2D eigenvalue weighted by Gasteiger charge is 2.51. The van der Waals surface area contributed by atoms with E-state index in [0.29, 0.717) is 24.5 Å². The highest BCUT2D eigenvalue weighted by molar-refractivity contribution is 6.05. The van der Waals surface area contributed by atoms with Gasteiger partial charge in [0.15, 0.2) is 0 Å². The number of nitrogens with zero attached hydrogens (tertiary/aromatic N) is 1. The monoisotopic (exact) mass is 264 g/mol. The molecule has 0 spiro atoms. The van der Waals surface area contributed by atoms with Crippen molar-refractivity contribution in [3.8, 4) is 0 Å². The molecule has 3 rings (SSSR count). The van der Waals surface area contributed by atoms with Crippen LogP contribution in [0.1, 0.15) is 46.0 Å². The van der Waals surface area contributed by atoms with Crippen molar-refractivity contribution < 1.29 is 9.59 Å². The third kappa shape index (κ3) is 2.31. The number of rotatable bonds is 2. The Morgan fingerprint density at radius 3 is 2.32 bits per heavy atom. The number of piperidine rings is 1. The summed E-state index contributed by atoms with van der Waals surface area (Å²) < 4.78 is 0. The first-order valence-electron chi connectivity index (χ1n) is 7.67. The van der Waals surface area contributed by atoms with E-state index in [1.807, 2.05) is 0 Å². The van der Waals surface area contributed by atoms with Crippen molar-refractivity contribution in [2.45, 2.75) is 58.0 Å². The maximum Gasteiger partial charge on any atom is 0.233 e. The van der Waals surface area contributed by atoms with Gasteiger partial charge < -0.3 is 5.32 Å². The second-order valence-electron chi connectivity index (χ2n) is 6.77. The number of hydrogen-bond acceptors (Lipinski definition) is 3. The molecular formula is C15H24N2O2. The molecule has 2 heterocycles. The number of fused-ring (bicyclic) bond motifs is 1. The van der Waals surface area contributed by atoms with Gasteiger partial charge in [-0.2, -0.15) is 0 Å². The lowest BCUT2D eigenvalue weighted by Gasteiger charge is -2.31.